The van der Waals surface area contributed by atoms with Crippen molar-refractivity contribution in [1.82, 2.24) is 5.32 Å². The Morgan fingerprint density at radius 3 is 2.50 bits per heavy atom. The normalized spacial score (nSPS) is 12.7. The summed E-state index contributed by atoms with van der Waals surface area (Å²) in [5.41, 5.74) is 0.462. The summed E-state index contributed by atoms with van der Waals surface area (Å²) < 4.78 is 35.5. The summed E-state index contributed by atoms with van der Waals surface area (Å²) >= 11 is 5.64. The lowest BCUT2D eigenvalue weighted by molar-refractivity contribution is 0.515. The monoisotopic (exact) mass is 293 g/mol. The van der Waals surface area contributed by atoms with Crippen molar-refractivity contribution >= 4 is 21.4 Å². The molecule has 1 N–H and O–H groups in total. The molecule has 0 aliphatic carbocycles. The van der Waals surface area contributed by atoms with Crippen molar-refractivity contribution in [2.45, 2.75) is 25.1 Å². The van der Waals surface area contributed by atoms with Gasteiger partial charge in [-0.3, -0.25) is 0 Å². The fourth-order valence-corrected chi connectivity index (χ4v) is 1.82. The zero-order chi connectivity index (χ0) is 14.0. The van der Waals surface area contributed by atoms with E-state index in [-0.39, 0.29) is 13.1 Å². The Balaban J connectivity index is 2.62. The highest BCUT2D eigenvalue weighted by Gasteiger charge is 2.29. The molecule has 0 fully saturated rings. The van der Waals surface area contributed by atoms with Gasteiger partial charge in [-0.05, 0) is 26.0 Å². The van der Waals surface area contributed by atoms with Crippen LogP contribution in [0.1, 0.15) is 19.4 Å². The quantitative estimate of drug-likeness (QED) is 0.907. The predicted octanol–water partition coefficient (Wildman–Crippen LogP) is 2.39. The molecule has 1 rings (SSSR count). The van der Waals surface area contributed by atoms with Crippen LogP contribution in [0.15, 0.2) is 18.2 Å². The van der Waals surface area contributed by atoms with Gasteiger partial charge in [0.05, 0.1) is 4.75 Å². The number of rotatable bonds is 5. The average Bonchev–Trinajstić information content (AvgIpc) is 2.19. The van der Waals surface area contributed by atoms with Gasteiger partial charge in [-0.15, -0.1) is 0 Å². The Labute approximate surface area is 112 Å². The molecule has 3 nitrogen and oxygen atoms in total. The van der Waals surface area contributed by atoms with Crippen LogP contribution in [0.2, 0.25) is 5.02 Å². The topological polar surface area (TPSA) is 46.2 Å². The molecule has 0 bridgehead atoms. The second-order valence-corrected chi connectivity index (χ2v) is 7.96. The lowest BCUT2D eigenvalue weighted by atomic mass is 10.2. The van der Waals surface area contributed by atoms with E-state index in [1.165, 1.54) is 12.3 Å². The Hall–Kier alpha value is -0.650. The predicted molar refractivity (Wildman–Crippen MR) is 72.0 cm³/mol. The van der Waals surface area contributed by atoms with Gasteiger partial charge < -0.3 is 5.32 Å². The van der Waals surface area contributed by atoms with Crippen LogP contribution < -0.4 is 5.32 Å². The molecule has 0 unspecified atom stereocenters. The smallest absolute Gasteiger partial charge is 0.153 e. The maximum atomic E-state index is 13.5. The summed E-state index contributed by atoms with van der Waals surface area (Å²) in [6, 6.07) is 4.42. The van der Waals surface area contributed by atoms with Crippen LogP contribution in [-0.4, -0.2) is 26.0 Å². The Morgan fingerprint density at radius 1 is 1.39 bits per heavy atom. The summed E-state index contributed by atoms with van der Waals surface area (Å²) in [5, 5.41) is 3.29. The number of hydrogen-bond acceptors (Lipinski definition) is 3. The molecule has 0 saturated carbocycles. The van der Waals surface area contributed by atoms with Crippen LogP contribution in [0.4, 0.5) is 4.39 Å². The third-order valence-corrected chi connectivity index (χ3v) is 5.27. The van der Waals surface area contributed by atoms with Crippen molar-refractivity contribution in [3.63, 3.8) is 0 Å². The van der Waals surface area contributed by atoms with E-state index in [0.717, 1.165) is 0 Å². The standard InChI is InChI=1S/C12H17ClFNO2S/c1-12(2,18(3,16)17)8-15-7-9-4-5-10(13)6-11(9)14/h4-6,15H,7-8H2,1-3H3. The third-order valence-electron chi connectivity index (χ3n) is 2.89. The minimum absolute atomic E-state index is 0.258. The Bertz CT molecular complexity index is 529. The third kappa shape index (κ3) is 3.93. The number of halogens is 2. The van der Waals surface area contributed by atoms with Gasteiger partial charge in [0.1, 0.15) is 5.82 Å². The highest BCUT2D eigenvalue weighted by Crippen LogP contribution is 2.16. The molecule has 102 valence electrons. The van der Waals surface area contributed by atoms with Crippen LogP contribution in [-0.2, 0) is 16.4 Å². The van der Waals surface area contributed by atoms with Gasteiger partial charge >= 0.3 is 0 Å². The number of sulfone groups is 1. The summed E-state index contributed by atoms with van der Waals surface area (Å²) in [7, 11) is -3.15. The van der Waals surface area contributed by atoms with Gasteiger partial charge in [0.25, 0.3) is 0 Å². The fraction of sp³-hybridized carbons (Fsp3) is 0.500. The molecule has 0 heterocycles. The van der Waals surface area contributed by atoms with Gasteiger partial charge in [-0.1, -0.05) is 17.7 Å². The average molecular weight is 294 g/mol. The van der Waals surface area contributed by atoms with Crippen LogP contribution in [0.5, 0.6) is 0 Å². The van der Waals surface area contributed by atoms with Crippen LogP contribution in [0.25, 0.3) is 0 Å². The van der Waals surface area contributed by atoms with Crippen LogP contribution in [0.3, 0.4) is 0 Å². The second kappa shape index (κ2) is 5.55. The zero-order valence-corrected chi connectivity index (χ0v) is 12.2. The first kappa shape index (κ1) is 15.4. The molecular formula is C12H17ClFNO2S. The lowest BCUT2D eigenvalue weighted by Crippen LogP contribution is -2.41. The van der Waals surface area contributed by atoms with Crippen molar-refractivity contribution in [1.29, 1.82) is 0 Å². The molecular weight excluding hydrogens is 277 g/mol. The lowest BCUT2D eigenvalue weighted by Gasteiger charge is -2.22. The molecule has 0 aliphatic heterocycles. The first-order chi connectivity index (χ1) is 8.13. The molecule has 18 heavy (non-hydrogen) atoms. The largest absolute Gasteiger partial charge is 0.311 e. The number of nitrogens with one attached hydrogen (secondary N) is 1. The SMILES string of the molecule is CC(C)(CNCc1ccc(Cl)cc1F)S(C)(=O)=O. The minimum atomic E-state index is -3.15. The van der Waals surface area contributed by atoms with E-state index in [1.807, 2.05) is 0 Å². The summed E-state index contributed by atoms with van der Waals surface area (Å²) in [6.07, 6.45) is 1.19. The molecule has 0 aliphatic rings. The molecule has 0 radical (unpaired) electrons. The van der Waals surface area contributed by atoms with Crippen LogP contribution in [0, 0.1) is 5.82 Å². The summed E-state index contributed by atoms with van der Waals surface area (Å²) in [6.45, 7) is 3.79. The van der Waals surface area contributed by atoms with E-state index in [2.05, 4.69) is 5.32 Å². The van der Waals surface area contributed by atoms with Gasteiger partial charge in [0, 0.05) is 29.9 Å². The minimum Gasteiger partial charge on any atom is -0.311 e. The van der Waals surface area contributed by atoms with Crippen molar-refractivity contribution in [2.75, 3.05) is 12.8 Å². The maximum absolute atomic E-state index is 13.5. The summed E-state index contributed by atoms with van der Waals surface area (Å²) in [4.78, 5) is 0. The van der Waals surface area contributed by atoms with E-state index >= 15 is 0 Å². The van der Waals surface area contributed by atoms with E-state index in [0.29, 0.717) is 10.6 Å². The molecule has 1 aromatic rings. The molecule has 0 atom stereocenters. The summed E-state index contributed by atoms with van der Waals surface area (Å²) in [5.74, 6) is -0.396. The van der Waals surface area contributed by atoms with Crippen molar-refractivity contribution in [2.24, 2.45) is 0 Å². The van der Waals surface area contributed by atoms with Crippen molar-refractivity contribution in [3.8, 4) is 0 Å². The molecule has 0 amide bonds. The first-order valence-corrected chi connectivity index (χ1v) is 7.75. The van der Waals surface area contributed by atoms with Crippen LogP contribution >= 0.6 is 11.6 Å². The van der Waals surface area contributed by atoms with Crippen molar-refractivity contribution < 1.29 is 12.8 Å². The fourth-order valence-electron chi connectivity index (χ4n) is 1.29. The second-order valence-electron chi connectivity index (χ2n) is 4.87. The zero-order valence-electron chi connectivity index (χ0n) is 10.6. The first-order valence-electron chi connectivity index (χ1n) is 5.48. The molecule has 0 aromatic heterocycles. The van der Waals surface area contributed by atoms with Gasteiger partial charge in [0.2, 0.25) is 0 Å². The molecule has 1 aromatic carbocycles. The molecule has 6 heteroatoms. The van der Waals surface area contributed by atoms with E-state index in [1.54, 1.807) is 26.0 Å². The van der Waals surface area contributed by atoms with E-state index in [4.69, 9.17) is 11.6 Å². The van der Waals surface area contributed by atoms with E-state index in [9.17, 15) is 12.8 Å². The van der Waals surface area contributed by atoms with Crippen molar-refractivity contribution in [3.05, 3.63) is 34.6 Å². The molecule has 0 spiro atoms. The number of hydrogen-bond donors (Lipinski definition) is 1. The van der Waals surface area contributed by atoms with Gasteiger partial charge in [0.15, 0.2) is 9.84 Å². The Morgan fingerprint density at radius 2 is 2.00 bits per heavy atom. The van der Waals surface area contributed by atoms with Gasteiger partial charge in [-0.25, -0.2) is 12.8 Å². The highest BCUT2D eigenvalue weighted by molar-refractivity contribution is 7.92. The Kier molecular flexibility index (Phi) is 4.75. The van der Waals surface area contributed by atoms with E-state index < -0.39 is 20.4 Å². The highest BCUT2D eigenvalue weighted by atomic mass is 35.5. The molecule has 0 saturated heterocycles. The maximum Gasteiger partial charge on any atom is 0.153 e. The van der Waals surface area contributed by atoms with Gasteiger partial charge in [-0.2, -0.15) is 0 Å². The number of benzene rings is 1.